The molecule has 0 aliphatic heterocycles. The normalized spacial score (nSPS) is 10.2. The molecule has 0 aliphatic carbocycles. The Balaban J connectivity index is 1.69. The van der Waals surface area contributed by atoms with Gasteiger partial charge in [0.1, 0.15) is 5.76 Å². The summed E-state index contributed by atoms with van der Waals surface area (Å²) >= 11 is 11.2. The predicted molar refractivity (Wildman–Crippen MR) is 82.7 cm³/mol. The molecule has 0 radical (unpaired) electrons. The molecular weight excluding hydrogens is 280 g/mol. The van der Waals surface area contributed by atoms with Crippen molar-refractivity contribution in [3.63, 3.8) is 0 Å². The Hall–Kier alpha value is -1.52. The maximum absolute atomic E-state index is 6.03. The van der Waals surface area contributed by atoms with Crippen LogP contribution in [0.25, 0.3) is 0 Å². The zero-order valence-corrected chi connectivity index (χ0v) is 11.9. The van der Waals surface area contributed by atoms with Gasteiger partial charge in [0.2, 0.25) is 0 Å². The lowest BCUT2D eigenvalue weighted by Gasteiger charge is -2.11. The second-order valence-corrected chi connectivity index (χ2v) is 4.86. The van der Waals surface area contributed by atoms with Crippen molar-refractivity contribution in [3.05, 3.63) is 53.4 Å². The molecule has 3 nitrogen and oxygen atoms in total. The van der Waals surface area contributed by atoms with Gasteiger partial charge >= 0.3 is 0 Å². The smallest absolute Gasteiger partial charge is 0.170 e. The number of nitrogens with one attached hydrogen (secondary N) is 2. The standard InChI is InChI=1S/C14H15ClN2OS/c15-12-7-1-2-8-13(12)17-14(19)16-9-3-5-11-6-4-10-18-11/h1-2,4,6-8,10H,3,5,9H2,(H2,16,17,19). The Kier molecular flexibility index (Phi) is 5.24. The maximum Gasteiger partial charge on any atom is 0.170 e. The second-order valence-electron chi connectivity index (χ2n) is 4.04. The van der Waals surface area contributed by atoms with Crippen molar-refractivity contribution in [2.75, 3.05) is 11.9 Å². The largest absolute Gasteiger partial charge is 0.469 e. The van der Waals surface area contributed by atoms with Gasteiger partial charge in [0.15, 0.2) is 5.11 Å². The van der Waals surface area contributed by atoms with E-state index in [9.17, 15) is 0 Å². The van der Waals surface area contributed by atoms with E-state index in [1.807, 2.05) is 36.4 Å². The first-order chi connectivity index (χ1) is 9.25. The number of anilines is 1. The first-order valence-electron chi connectivity index (χ1n) is 6.07. The molecule has 1 heterocycles. The lowest BCUT2D eigenvalue weighted by molar-refractivity contribution is 0.501. The number of hydrogen-bond donors (Lipinski definition) is 2. The number of halogens is 1. The van der Waals surface area contributed by atoms with Crippen LogP contribution in [0.2, 0.25) is 5.02 Å². The fraction of sp³-hybridized carbons (Fsp3) is 0.214. The van der Waals surface area contributed by atoms with Gasteiger partial charge in [0, 0.05) is 13.0 Å². The van der Waals surface area contributed by atoms with E-state index in [4.69, 9.17) is 28.2 Å². The van der Waals surface area contributed by atoms with E-state index in [1.54, 1.807) is 6.26 Å². The van der Waals surface area contributed by atoms with Crippen LogP contribution in [0, 0.1) is 0 Å². The number of para-hydroxylation sites is 1. The molecule has 0 saturated carbocycles. The number of hydrogen-bond acceptors (Lipinski definition) is 2. The first-order valence-corrected chi connectivity index (χ1v) is 6.86. The Morgan fingerprint density at radius 3 is 2.79 bits per heavy atom. The van der Waals surface area contributed by atoms with E-state index in [0.29, 0.717) is 10.1 Å². The molecule has 0 saturated heterocycles. The van der Waals surface area contributed by atoms with Crippen LogP contribution >= 0.6 is 23.8 Å². The SMILES string of the molecule is S=C(NCCCc1ccco1)Nc1ccccc1Cl. The summed E-state index contributed by atoms with van der Waals surface area (Å²) in [6.45, 7) is 0.789. The van der Waals surface area contributed by atoms with Gasteiger partial charge in [-0.05, 0) is 42.9 Å². The van der Waals surface area contributed by atoms with Gasteiger partial charge in [-0.25, -0.2) is 0 Å². The maximum atomic E-state index is 6.03. The van der Waals surface area contributed by atoms with E-state index < -0.39 is 0 Å². The number of thiocarbonyl (C=S) groups is 1. The Morgan fingerprint density at radius 2 is 2.05 bits per heavy atom. The molecule has 19 heavy (non-hydrogen) atoms. The molecule has 0 amide bonds. The molecule has 1 aromatic heterocycles. The van der Waals surface area contributed by atoms with Crippen LogP contribution in [-0.2, 0) is 6.42 Å². The summed E-state index contributed by atoms with van der Waals surface area (Å²) < 4.78 is 5.26. The minimum Gasteiger partial charge on any atom is -0.469 e. The third-order valence-corrected chi connectivity index (χ3v) is 3.16. The highest BCUT2D eigenvalue weighted by atomic mass is 35.5. The molecule has 0 aliphatic rings. The molecule has 2 N–H and O–H groups in total. The third-order valence-electron chi connectivity index (χ3n) is 2.59. The lowest BCUT2D eigenvalue weighted by atomic mass is 10.2. The molecule has 1 aromatic carbocycles. The van der Waals surface area contributed by atoms with E-state index in [-0.39, 0.29) is 0 Å². The van der Waals surface area contributed by atoms with Crippen molar-refractivity contribution in [1.29, 1.82) is 0 Å². The highest BCUT2D eigenvalue weighted by Crippen LogP contribution is 2.20. The molecule has 100 valence electrons. The number of aryl methyl sites for hydroxylation is 1. The Morgan fingerprint density at radius 1 is 1.21 bits per heavy atom. The monoisotopic (exact) mass is 294 g/mol. The average molecular weight is 295 g/mol. The summed E-state index contributed by atoms with van der Waals surface area (Å²) in [5, 5.41) is 7.44. The Labute approximate surface area is 123 Å². The first kappa shape index (κ1) is 13.9. The van der Waals surface area contributed by atoms with Crippen LogP contribution in [0.1, 0.15) is 12.2 Å². The van der Waals surface area contributed by atoms with Crippen molar-refractivity contribution in [3.8, 4) is 0 Å². The molecule has 2 aromatic rings. The van der Waals surface area contributed by atoms with Crippen LogP contribution < -0.4 is 10.6 Å². The van der Waals surface area contributed by atoms with Crippen LogP contribution in [0.15, 0.2) is 47.1 Å². The van der Waals surface area contributed by atoms with Crippen molar-refractivity contribution < 1.29 is 4.42 Å². The van der Waals surface area contributed by atoms with Gasteiger partial charge < -0.3 is 15.1 Å². The number of furan rings is 1. The summed E-state index contributed by atoms with van der Waals surface area (Å²) in [7, 11) is 0. The van der Waals surface area contributed by atoms with Crippen molar-refractivity contribution in [2.24, 2.45) is 0 Å². The fourth-order valence-electron chi connectivity index (χ4n) is 1.65. The van der Waals surface area contributed by atoms with Gasteiger partial charge in [-0.1, -0.05) is 23.7 Å². The van der Waals surface area contributed by atoms with Crippen LogP contribution in [-0.4, -0.2) is 11.7 Å². The second kappa shape index (κ2) is 7.16. The van der Waals surface area contributed by atoms with Crippen molar-refractivity contribution in [2.45, 2.75) is 12.8 Å². The highest BCUT2D eigenvalue weighted by molar-refractivity contribution is 7.80. The summed E-state index contributed by atoms with van der Waals surface area (Å²) in [5.41, 5.74) is 0.813. The van der Waals surface area contributed by atoms with E-state index in [2.05, 4.69) is 10.6 Å². The number of rotatable bonds is 5. The topological polar surface area (TPSA) is 37.2 Å². The average Bonchev–Trinajstić information content (AvgIpc) is 2.91. The summed E-state index contributed by atoms with van der Waals surface area (Å²) in [6, 6.07) is 11.4. The van der Waals surface area contributed by atoms with Crippen molar-refractivity contribution in [1.82, 2.24) is 5.32 Å². The quantitative estimate of drug-likeness (QED) is 0.649. The highest BCUT2D eigenvalue weighted by Gasteiger charge is 2.01. The van der Waals surface area contributed by atoms with E-state index in [1.165, 1.54) is 0 Å². The van der Waals surface area contributed by atoms with Gasteiger partial charge in [-0.3, -0.25) is 0 Å². The third kappa shape index (κ3) is 4.58. The zero-order valence-electron chi connectivity index (χ0n) is 10.4. The van der Waals surface area contributed by atoms with Crippen LogP contribution in [0.5, 0.6) is 0 Å². The molecule has 0 spiro atoms. The molecule has 2 rings (SSSR count). The van der Waals surface area contributed by atoms with Gasteiger partial charge in [-0.2, -0.15) is 0 Å². The summed E-state index contributed by atoms with van der Waals surface area (Å²) in [6.07, 6.45) is 3.54. The van der Waals surface area contributed by atoms with Crippen LogP contribution in [0.3, 0.4) is 0 Å². The summed E-state index contributed by atoms with van der Waals surface area (Å²) in [5.74, 6) is 0.992. The fourth-order valence-corrected chi connectivity index (χ4v) is 2.04. The van der Waals surface area contributed by atoms with Gasteiger partial charge in [-0.15, -0.1) is 0 Å². The summed E-state index contributed by atoms with van der Waals surface area (Å²) in [4.78, 5) is 0. The van der Waals surface area contributed by atoms with Gasteiger partial charge in [0.25, 0.3) is 0 Å². The predicted octanol–water partition coefficient (Wildman–Crippen LogP) is 3.85. The van der Waals surface area contributed by atoms with Gasteiger partial charge in [0.05, 0.1) is 17.0 Å². The van der Waals surface area contributed by atoms with Crippen LogP contribution in [0.4, 0.5) is 5.69 Å². The van der Waals surface area contributed by atoms with E-state index >= 15 is 0 Å². The van der Waals surface area contributed by atoms with Crippen molar-refractivity contribution >= 4 is 34.6 Å². The molecule has 5 heteroatoms. The molecular formula is C14H15ClN2OS. The zero-order chi connectivity index (χ0) is 13.5. The van der Waals surface area contributed by atoms with E-state index in [0.717, 1.165) is 30.8 Å². The molecule has 0 fully saturated rings. The lowest BCUT2D eigenvalue weighted by Crippen LogP contribution is -2.29. The molecule has 0 atom stereocenters. The minimum atomic E-state index is 0.576. The minimum absolute atomic E-state index is 0.576. The molecule has 0 bridgehead atoms. The number of benzene rings is 1. The molecule has 0 unspecified atom stereocenters. The Bertz CT molecular complexity index is 528.